The van der Waals surface area contributed by atoms with E-state index in [1.165, 1.54) is 24.3 Å². The summed E-state index contributed by atoms with van der Waals surface area (Å²) in [5.74, 6) is -0.866. The largest absolute Gasteiger partial charge is 0.272 e. The zero-order valence-corrected chi connectivity index (χ0v) is 12.3. The van der Waals surface area contributed by atoms with E-state index in [0.29, 0.717) is 0 Å². The van der Waals surface area contributed by atoms with Crippen LogP contribution >= 0.6 is 11.6 Å². The number of non-ortho nitro benzene ring substituents is 1. The lowest BCUT2D eigenvalue weighted by Crippen LogP contribution is -2.19. The maximum Gasteiger partial charge on any atom is 0.271 e. The normalized spacial score (nSPS) is 14.1. The Kier molecular flexibility index (Phi) is 3.79. The van der Waals surface area contributed by atoms with Crippen LogP contribution in [0.25, 0.3) is 0 Å². The molecule has 2 aromatic carbocycles. The van der Waals surface area contributed by atoms with Gasteiger partial charge in [0.1, 0.15) is 5.82 Å². The number of hydrogen-bond donors (Lipinski definition) is 0. The van der Waals surface area contributed by atoms with E-state index in [1.807, 2.05) is 0 Å². The quantitative estimate of drug-likeness (QED) is 0.637. The Morgan fingerprint density at radius 3 is 2.65 bits per heavy atom. The maximum atomic E-state index is 13.8. The molecule has 0 fully saturated rings. The van der Waals surface area contributed by atoms with Crippen molar-refractivity contribution >= 4 is 34.6 Å². The molecule has 0 unspecified atom stereocenters. The molecule has 0 saturated heterocycles. The van der Waals surface area contributed by atoms with Crippen LogP contribution in [0.3, 0.4) is 0 Å². The van der Waals surface area contributed by atoms with Gasteiger partial charge in [-0.2, -0.15) is 10.1 Å². The van der Waals surface area contributed by atoms with Crippen LogP contribution in [-0.2, 0) is 4.79 Å². The average molecular weight is 334 g/mol. The van der Waals surface area contributed by atoms with Gasteiger partial charge in [-0.15, -0.1) is 0 Å². The summed E-state index contributed by atoms with van der Waals surface area (Å²) in [5, 5.41) is 15.9. The highest BCUT2D eigenvalue weighted by Gasteiger charge is 2.29. The van der Waals surface area contributed by atoms with Crippen molar-refractivity contribution in [2.24, 2.45) is 5.10 Å². The highest BCUT2D eigenvalue weighted by molar-refractivity contribution is 6.34. The molecule has 2 aromatic rings. The van der Waals surface area contributed by atoms with Gasteiger partial charge in [0.25, 0.3) is 11.6 Å². The number of carbonyl (C=O) groups excluding carboxylic acids is 1. The molecule has 0 aromatic heterocycles. The smallest absolute Gasteiger partial charge is 0.271 e. The summed E-state index contributed by atoms with van der Waals surface area (Å²) in [6.07, 6.45) is -0.0751. The second kappa shape index (κ2) is 5.77. The molecule has 1 heterocycles. The van der Waals surface area contributed by atoms with Crippen LogP contribution in [0.15, 0.2) is 47.6 Å². The summed E-state index contributed by atoms with van der Waals surface area (Å²) in [5.41, 5.74) is 0.543. The molecule has 116 valence electrons. The molecule has 0 aliphatic carbocycles. The Labute approximate surface area is 134 Å². The molecule has 0 saturated carbocycles. The molecule has 0 radical (unpaired) electrons. The molecule has 0 bridgehead atoms. The van der Waals surface area contributed by atoms with Gasteiger partial charge in [-0.25, -0.2) is 4.39 Å². The molecule has 6 nitrogen and oxygen atoms in total. The van der Waals surface area contributed by atoms with E-state index in [-0.39, 0.29) is 40.0 Å². The van der Waals surface area contributed by atoms with Crippen LogP contribution < -0.4 is 5.01 Å². The summed E-state index contributed by atoms with van der Waals surface area (Å²) < 4.78 is 13.8. The predicted molar refractivity (Wildman–Crippen MR) is 83.1 cm³/mol. The monoisotopic (exact) mass is 333 g/mol. The summed E-state index contributed by atoms with van der Waals surface area (Å²) >= 11 is 6.00. The Hall–Kier alpha value is -2.80. The first kappa shape index (κ1) is 15.1. The minimum Gasteiger partial charge on any atom is -0.272 e. The molecular weight excluding hydrogens is 325 g/mol. The third-order valence-corrected chi connectivity index (χ3v) is 3.63. The Morgan fingerprint density at radius 1 is 1.26 bits per heavy atom. The summed E-state index contributed by atoms with van der Waals surface area (Å²) in [4.78, 5) is 22.3. The third kappa shape index (κ3) is 2.78. The fraction of sp³-hybridized carbons (Fsp3) is 0.0667. The van der Waals surface area contributed by atoms with E-state index >= 15 is 0 Å². The number of benzene rings is 2. The highest BCUT2D eigenvalue weighted by Crippen LogP contribution is 2.33. The van der Waals surface area contributed by atoms with Gasteiger partial charge in [0.05, 0.1) is 27.8 Å². The molecule has 0 atom stereocenters. The number of hydrogen-bond acceptors (Lipinski definition) is 4. The zero-order valence-electron chi connectivity index (χ0n) is 11.6. The summed E-state index contributed by atoms with van der Waals surface area (Å²) in [7, 11) is 0. The van der Waals surface area contributed by atoms with Gasteiger partial charge in [0, 0.05) is 17.7 Å². The summed E-state index contributed by atoms with van der Waals surface area (Å²) in [6.45, 7) is 0. The van der Waals surface area contributed by atoms with Gasteiger partial charge < -0.3 is 0 Å². The van der Waals surface area contributed by atoms with Gasteiger partial charge >= 0.3 is 0 Å². The molecule has 1 aliphatic rings. The Balaban J connectivity index is 1.99. The molecule has 8 heteroatoms. The second-order valence-electron chi connectivity index (χ2n) is 4.80. The molecular formula is C15H9ClFN3O3. The van der Waals surface area contributed by atoms with Crippen LogP contribution in [0.1, 0.15) is 12.0 Å². The van der Waals surface area contributed by atoms with Crippen molar-refractivity contribution < 1.29 is 14.1 Å². The van der Waals surface area contributed by atoms with Crippen molar-refractivity contribution in [1.29, 1.82) is 0 Å². The zero-order chi connectivity index (χ0) is 16.6. The standard InChI is InChI=1S/C15H9ClFN3O3/c16-11-7-9(20(22)23)5-6-14(11)19-15(21)8-13(18-19)10-3-1-2-4-12(10)17/h1-7H,8H2. The Morgan fingerprint density at radius 2 is 2.00 bits per heavy atom. The molecule has 1 amide bonds. The number of carbonyl (C=O) groups is 1. The molecule has 3 rings (SSSR count). The van der Waals surface area contributed by atoms with Crippen LogP contribution in [0.2, 0.25) is 5.02 Å². The van der Waals surface area contributed by atoms with E-state index in [0.717, 1.165) is 11.1 Å². The average Bonchev–Trinajstić information content (AvgIpc) is 2.89. The Bertz CT molecular complexity index is 854. The number of halogens is 2. The van der Waals surface area contributed by atoms with Crippen LogP contribution in [0, 0.1) is 15.9 Å². The number of amides is 1. The number of anilines is 1. The summed E-state index contributed by atoms with van der Waals surface area (Å²) in [6, 6.07) is 9.71. The SMILES string of the molecule is O=C1CC(c2ccccc2F)=NN1c1ccc([N+](=O)[O-])cc1Cl. The first-order valence-electron chi connectivity index (χ1n) is 6.56. The van der Waals surface area contributed by atoms with Crippen molar-refractivity contribution in [3.8, 4) is 0 Å². The minimum absolute atomic E-state index is 0.0195. The number of hydrazone groups is 1. The highest BCUT2D eigenvalue weighted by atomic mass is 35.5. The topological polar surface area (TPSA) is 75.8 Å². The van der Waals surface area contributed by atoms with E-state index in [1.54, 1.807) is 12.1 Å². The minimum atomic E-state index is -0.588. The van der Waals surface area contributed by atoms with Gasteiger partial charge in [-0.1, -0.05) is 29.8 Å². The van der Waals surface area contributed by atoms with Crippen LogP contribution in [0.5, 0.6) is 0 Å². The van der Waals surface area contributed by atoms with Crippen molar-refractivity contribution in [3.05, 3.63) is 69.0 Å². The van der Waals surface area contributed by atoms with Gasteiger partial charge in [0.15, 0.2) is 0 Å². The van der Waals surface area contributed by atoms with E-state index in [2.05, 4.69) is 5.10 Å². The lowest BCUT2D eigenvalue weighted by molar-refractivity contribution is -0.384. The fourth-order valence-corrected chi connectivity index (χ4v) is 2.50. The fourth-order valence-electron chi connectivity index (χ4n) is 2.24. The maximum absolute atomic E-state index is 13.8. The van der Waals surface area contributed by atoms with Gasteiger partial charge in [-0.05, 0) is 12.1 Å². The van der Waals surface area contributed by atoms with Crippen molar-refractivity contribution in [1.82, 2.24) is 0 Å². The van der Waals surface area contributed by atoms with E-state index < -0.39 is 10.7 Å². The lowest BCUT2D eigenvalue weighted by atomic mass is 10.1. The molecule has 0 N–H and O–H groups in total. The molecule has 1 aliphatic heterocycles. The second-order valence-corrected chi connectivity index (χ2v) is 5.21. The number of nitro groups is 1. The first-order chi connectivity index (χ1) is 11.0. The van der Waals surface area contributed by atoms with Crippen molar-refractivity contribution in [2.75, 3.05) is 5.01 Å². The first-order valence-corrected chi connectivity index (χ1v) is 6.94. The van der Waals surface area contributed by atoms with E-state index in [4.69, 9.17) is 11.6 Å². The van der Waals surface area contributed by atoms with Crippen molar-refractivity contribution in [3.63, 3.8) is 0 Å². The number of rotatable bonds is 3. The van der Waals surface area contributed by atoms with Gasteiger partial charge in [-0.3, -0.25) is 14.9 Å². The molecule has 23 heavy (non-hydrogen) atoms. The van der Waals surface area contributed by atoms with Crippen LogP contribution in [-0.4, -0.2) is 16.5 Å². The van der Waals surface area contributed by atoms with E-state index in [9.17, 15) is 19.3 Å². The predicted octanol–water partition coefficient (Wildman–Crippen LogP) is 3.53. The van der Waals surface area contributed by atoms with Gasteiger partial charge in [0.2, 0.25) is 0 Å². The number of nitrogens with zero attached hydrogens (tertiary/aromatic N) is 3. The number of nitro benzene ring substituents is 1. The lowest BCUT2D eigenvalue weighted by Gasteiger charge is -2.12. The van der Waals surface area contributed by atoms with Crippen LogP contribution in [0.4, 0.5) is 15.8 Å². The molecule has 0 spiro atoms. The van der Waals surface area contributed by atoms with Crippen molar-refractivity contribution in [2.45, 2.75) is 6.42 Å². The third-order valence-electron chi connectivity index (χ3n) is 3.33.